The van der Waals surface area contributed by atoms with Gasteiger partial charge < -0.3 is 5.11 Å². The summed E-state index contributed by atoms with van der Waals surface area (Å²) in [6, 6.07) is 2.86. The van der Waals surface area contributed by atoms with Crippen LogP contribution in [-0.2, 0) is 22.9 Å². The third-order valence-corrected chi connectivity index (χ3v) is 5.65. The zero-order valence-electron chi connectivity index (χ0n) is 11.6. The van der Waals surface area contributed by atoms with Crippen LogP contribution in [0.4, 0.5) is 0 Å². The highest BCUT2D eigenvalue weighted by molar-refractivity contribution is 7.89. The predicted octanol–water partition coefficient (Wildman–Crippen LogP) is 1.73. The molecular formula is C15H17NO4S. The van der Waals surface area contributed by atoms with Crippen LogP contribution in [0.25, 0.3) is 0 Å². The summed E-state index contributed by atoms with van der Waals surface area (Å²) in [5.41, 5.74) is 2.70. The topological polar surface area (TPSA) is 83.5 Å². The Balaban J connectivity index is 1.96. The Morgan fingerprint density at radius 2 is 2.10 bits per heavy atom. The van der Waals surface area contributed by atoms with Crippen molar-refractivity contribution in [3.05, 3.63) is 41.0 Å². The fraction of sp³-hybridized carbons (Fsp3) is 0.400. The molecule has 1 aromatic carbocycles. The first-order valence-electron chi connectivity index (χ1n) is 6.95. The van der Waals surface area contributed by atoms with Crippen molar-refractivity contribution in [2.24, 2.45) is 5.92 Å². The molecule has 6 heteroatoms. The van der Waals surface area contributed by atoms with Gasteiger partial charge in [0.25, 0.3) is 0 Å². The van der Waals surface area contributed by atoms with Gasteiger partial charge in [-0.1, -0.05) is 12.2 Å². The average molecular weight is 307 g/mol. The Hall–Kier alpha value is -1.66. The number of hydrogen-bond donors (Lipinski definition) is 2. The minimum atomic E-state index is -3.67. The molecule has 0 saturated heterocycles. The van der Waals surface area contributed by atoms with Gasteiger partial charge in [0.05, 0.1) is 10.5 Å². The quantitative estimate of drug-likeness (QED) is 0.811. The lowest BCUT2D eigenvalue weighted by molar-refractivity contribution is 0.0696. The van der Waals surface area contributed by atoms with Crippen LogP contribution in [0.2, 0.25) is 0 Å². The molecule has 1 fully saturated rings. The first-order valence-corrected chi connectivity index (χ1v) is 8.43. The van der Waals surface area contributed by atoms with Crippen molar-refractivity contribution < 1.29 is 18.3 Å². The van der Waals surface area contributed by atoms with E-state index in [0.717, 1.165) is 36.0 Å². The maximum absolute atomic E-state index is 12.5. The summed E-state index contributed by atoms with van der Waals surface area (Å²) in [6.07, 6.45) is 3.14. The number of aromatic carboxylic acids is 1. The molecule has 112 valence electrons. The van der Waals surface area contributed by atoms with Crippen LogP contribution < -0.4 is 4.72 Å². The van der Waals surface area contributed by atoms with Crippen LogP contribution >= 0.6 is 0 Å². The van der Waals surface area contributed by atoms with Crippen LogP contribution in [0.5, 0.6) is 0 Å². The SMILES string of the molecule is C=C1CC1CNS(=O)(=O)c1cc(C(=O)O)cc2c1CCC2. The molecule has 0 aromatic heterocycles. The lowest BCUT2D eigenvalue weighted by Crippen LogP contribution is -2.27. The number of carboxylic acid groups (broad SMARTS) is 1. The number of carbonyl (C=O) groups is 1. The summed E-state index contributed by atoms with van der Waals surface area (Å²) in [5.74, 6) is -0.882. The van der Waals surface area contributed by atoms with Gasteiger partial charge in [-0.05, 0) is 54.9 Å². The fourth-order valence-electron chi connectivity index (χ4n) is 2.79. The molecule has 0 bridgehead atoms. The number of nitrogens with one attached hydrogen (secondary N) is 1. The molecule has 0 amide bonds. The minimum Gasteiger partial charge on any atom is -0.478 e. The lowest BCUT2D eigenvalue weighted by Gasteiger charge is -2.12. The van der Waals surface area contributed by atoms with E-state index in [2.05, 4.69) is 11.3 Å². The number of fused-ring (bicyclic) bond motifs is 1. The molecule has 2 aliphatic rings. The third-order valence-electron chi connectivity index (χ3n) is 4.16. The molecule has 0 spiro atoms. The van der Waals surface area contributed by atoms with Crippen molar-refractivity contribution in [3.8, 4) is 0 Å². The molecule has 3 rings (SSSR count). The molecule has 0 radical (unpaired) electrons. The number of carboxylic acids is 1. The largest absolute Gasteiger partial charge is 0.478 e. The number of sulfonamides is 1. The maximum Gasteiger partial charge on any atom is 0.335 e. The Morgan fingerprint density at radius 1 is 1.38 bits per heavy atom. The van der Waals surface area contributed by atoms with Gasteiger partial charge in [-0.3, -0.25) is 0 Å². The van der Waals surface area contributed by atoms with Crippen molar-refractivity contribution in [1.29, 1.82) is 0 Å². The van der Waals surface area contributed by atoms with Gasteiger partial charge in [0.1, 0.15) is 0 Å². The zero-order valence-corrected chi connectivity index (χ0v) is 12.4. The molecule has 1 saturated carbocycles. The van der Waals surface area contributed by atoms with Gasteiger partial charge >= 0.3 is 5.97 Å². The van der Waals surface area contributed by atoms with Crippen molar-refractivity contribution in [2.45, 2.75) is 30.6 Å². The summed E-state index contributed by atoms with van der Waals surface area (Å²) in [5, 5.41) is 9.14. The van der Waals surface area contributed by atoms with Gasteiger partial charge in [0.2, 0.25) is 10.0 Å². The van der Waals surface area contributed by atoms with E-state index in [0.29, 0.717) is 13.0 Å². The van der Waals surface area contributed by atoms with Gasteiger partial charge in [0, 0.05) is 6.54 Å². The first-order chi connectivity index (χ1) is 9.88. The summed E-state index contributed by atoms with van der Waals surface area (Å²) < 4.78 is 27.5. The Labute approximate surface area is 123 Å². The molecule has 0 aliphatic heterocycles. The van der Waals surface area contributed by atoms with Crippen molar-refractivity contribution >= 4 is 16.0 Å². The maximum atomic E-state index is 12.5. The highest BCUT2D eigenvalue weighted by Crippen LogP contribution is 2.35. The van der Waals surface area contributed by atoms with E-state index in [1.807, 2.05) is 0 Å². The molecule has 21 heavy (non-hydrogen) atoms. The number of aryl methyl sites for hydroxylation is 1. The minimum absolute atomic E-state index is 0.0341. The van der Waals surface area contributed by atoms with Crippen LogP contribution in [0.15, 0.2) is 29.2 Å². The summed E-state index contributed by atoms with van der Waals surface area (Å²) in [4.78, 5) is 11.3. The molecule has 1 aromatic rings. The van der Waals surface area contributed by atoms with Gasteiger partial charge in [0.15, 0.2) is 0 Å². The van der Waals surface area contributed by atoms with E-state index in [1.165, 1.54) is 6.07 Å². The number of benzene rings is 1. The van der Waals surface area contributed by atoms with Crippen molar-refractivity contribution in [1.82, 2.24) is 4.72 Å². The second-order valence-corrected chi connectivity index (χ2v) is 7.42. The highest BCUT2D eigenvalue weighted by atomic mass is 32.2. The molecular weight excluding hydrogens is 290 g/mol. The monoisotopic (exact) mass is 307 g/mol. The fourth-order valence-corrected chi connectivity index (χ4v) is 4.21. The molecule has 2 aliphatic carbocycles. The van der Waals surface area contributed by atoms with Gasteiger partial charge in [-0.15, -0.1) is 0 Å². The second kappa shape index (κ2) is 4.96. The molecule has 1 atom stereocenters. The molecule has 0 heterocycles. The predicted molar refractivity (Wildman–Crippen MR) is 77.9 cm³/mol. The van der Waals surface area contributed by atoms with Crippen LogP contribution in [0, 0.1) is 5.92 Å². The smallest absolute Gasteiger partial charge is 0.335 e. The van der Waals surface area contributed by atoms with Crippen LogP contribution in [0.3, 0.4) is 0 Å². The first kappa shape index (κ1) is 14.3. The van der Waals surface area contributed by atoms with E-state index in [-0.39, 0.29) is 16.4 Å². The highest BCUT2D eigenvalue weighted by Gasteiger charge is 2.31. The van der Waals surface area contributed by atoms with E-state index >= 15 is 0 Å². The van der Waals surface area contributed by atoms with Gasteiger partial charge in [-0.25, -0.2) is 17.9 Å². The normalized spacial score (nSPS) is 20.4. The van der Waals surface area contributed by atoms with E-state index in [9.17, 15) is 13.2 Å². The van der Waals surface area contributed by atoms with Crippen molar-refractivity contribution in [2.75, 3.05) is 6.54 Å². The second-order valence-electron chi connectivity index (χ2n) is 5.68. The van der Waals surface area contributed by atoms with Crippen LogP contribution in [-0.4, -0.2) is 26.0 Å². The van der Waals surface area contributed by atoms with Gasteiger partial charge in [-0.2, -0.15) is 0 Å². The van der Waals surface area contributed by atoms with E-state index in [1.54, 1.807) is 6.07 Å². The Bertz CT molecular complexity index is 736. The number of hydrogen-bond acceptors (Lipinski definition) is 3. The lowest BCUT2D eigenvalue weighted by atomic mass is 10.1. The van der Waals surface area contributed by atoms with Crippen molar-refractivity contribution in [3.63, 3.8) is 0 Å². The summed E-state index contributed by atoms with van der Waals surface area (Å²) in [7, 11) is -3.67. The third kappa shape index (κ3) is 2.73. The Kier molecular flexibility index (Phi) is 3.37. The summed E-state index contributed by atoms with van der Waals surface area (Å²) in [6.45, 7) is 4.14. The summed E-state index contributed by atoms with van der Waals surface area (Å²) >= 11 is 0. The molecule has 5 nitrogen and oxygen atoms in total. The molecule has 1 unspecified atom stereocenters. The molecule has 2 N–H and O–H groups in total. The van der Waals surface area contributed by atoms with E-state index < -0.39 is 16.0 Å². The zero-order chi connectivity index (χ0) is 15.2. The number of rotatable bonds is 5. The standard InChI is InChI=1S/C15H17NO4S/c1-9-5-12(9)8-16-21(19,20)14-7-11(15(17)18)6-10-3-2-4-13(10)14/h6-7,12,16H,1-5,8H2,(H,17,18). The van der Waals surface area contributed by atoms with Crippen LogP contribution in [0.1, 0.15) is 34.3 Å². The van der Waals surface area contributed by atoms with E-state index in [4.69, 9.17) is 5.11 Å². The Morgan fingerprint density at radius 3 is 2.71 bits per heavy atom. The average Bonchev–Trinajstić information content (AvgIpc) is 2.94.